The summed E-state index contributed by atoms with van der Waals surface area (Å²) in [5, 5.41) is 4.16. The molecule has 0 bridgehead atoms. The maximum Gasteiger partial charge on any atom is 0.186 e. The Morgan fingerprint density at radius 2 is 2.18 bits per heavy atom. The number of hydrogen-bond donors (Lipinski definition) is 0. The van der Waals surface area contributed by atoms with Crippen molar-refractivity contribution in [3.05, 3.63) is 52.6 Å². The molecule has 2 aromatic rings. The van der Waals surface area contributed by atoms with Gasteiger partial charge in [0.25, 0.3) is 0 Å². The van der Waals surface area contributed by atoms with Crippen LogP contribution in [0, 0.1) is 5.82 Å². The number of carbonyl (C=O) groups excluding carboxylic acids is 1. The maximum absolute atomic E-state index is 13.4. The van der Waals surface area contributed by atoms with Gasteiger partial charge in [0.05, 0.1) is 11.2 Å². The number of rotatable bonds is 3. The summed E-state index contributed by atoms with van der Waals surface area (Å²) in [6.45, 7) is 0. The molecule has 0 atom stereocenters. The molecule has 0 aliphatic heterocycles. The van der Waals surface area contributed by atoms with Crippen LogP contribution in [-0.4, -0.2) is 15.6 Å². The van der Waals surface area contributed by atoms with Crippen molar-refractivity contribution in [1.29, 1.82) is 0 Å². The third-order valence-corrected chi connectivity index (χ3v) is 2.74. The molecule has 1 heterocycles. The van der Waals surface area contributed by atoms with Gasteiger partial charge in [0.15, 0.2) is 5.78 Å². The Morgan fingerprint density at radius 1 is 1.47 bits per heavy atom. The first-order valence-corrected chi connectivity index (χ1v) is 5.41. The Bertz CT molecular complexity index is 546. The Labute approximate surface area is 103 Å². The molecule has 0 unspecified atom stereocenters. The molecule has 17 heavy (non-hydrogen) atoms. The molecule has 0 saturated carbocycles. The predicted octanol–water partition coefficient (Wildman–Crippen LogP) is 2.64. The van der Waals surface area contributed by atoms with Gasteiger partial charge in [0, 0.05) is 13.5 Å². The fraction of sp³-hybridized carbons (Fsp3) is 0.167. The first-order valence-electron chi connectivity index (χ1n) is 5.03. The fourth-order valence-corrected chi connectivity index (χ4v) is 1.89. The zero-order valence-electron chi connectivity index (χ0n) is 9.15. The van der Waals surface area contributed by atoms with E-state index in [1.807, 2.05) is 0 Å². The van der Waals surface area contributed by atoms with Gasteiger partial charge >= 0.3 is 0 Å². The molecule has 0 aliphatic carbocycles. The first-order chi connectivity index (χ1) is 8.09. The average molecular weight is 253 g/mol. The van der Waals surface area contributed by atoms with Crippen LogP contribution in [0.25, 0.3) is 0 Å². The van der Waals surface area contributed by atoms with Gasteiger partial charge in [-0.25, -0.2) is 4.39 Å². The minimum atomic E-state index is -0.390. The highest BCUT2D eigenvalue weighted by atomic mass is 35.5. The molecular formula is C12H10ClFN2O. The van der Waals surface area contributed by atoms with Crippen molar-refractivity contribution in [2.45, 2.75) is 6.42 Å². The number of nitrogens with zero attached hydrogens (tertiary/aromatic N) is 2. The molecule has 0 fully saturated rings. The molecular weight excluding hydrogens is 243 g/mol. The molecule has 2 rings (SSSR count). The third kappa shape index (κ3) is 2.36. The lowest BCUT2D eigenvalue weighted by Gasteiger charge is -2.03. The van der Waals surface area contributed by atoms with Crippen molar-refractivity contribution in [2.24, 2.45) is 7.05 Å². The lowest BCUT2D eigenvalue weighted by molar-refractivity contribution is 0.0983. The van der Waals surface area contributed by atoms with Crippen LogP contribution in [0.3, 0.4) is 0 Å². The standard InChI is InChI=1S/C12H10ClFN2O/c1-16-12(9(13)7-15-16)11(17)6-8-4-2-3-5-10(8)14/h2-5,7H,6H2,1H3. The van der Waals surface area contributed by atoms with Crippen molar-refractivity contribution in [2.75, 3.05) is 0 Å². The van der Waals surface area contributed by atoms with Gasteiger partial charge < -0.3 is 0 Å². The van der Waals surface area contributed by atoms with Crippen molar-refractivity contribution < 1.29 is 9.18 Å². The van der Waals surface area contributed by atoms with Crippen molar-refractivity contribution in [3.8, 4) is 0 Å². The third-order valence-electron chi connectivity index (χ3n) is 2.47. The molecule has 0 N–H and O–H groups in total. The van der Waals surface area contributed by atoms with Crippen LogP contribution in [0.2, 0.25) is 5.02 Å². The van der Waals surface area contributed by atoms with Gasteiger partial charge in [-0.3, -0.25) is 9.48 Å². The Morgan fingerprint density at radius 3 is 2.76 bits per heavy atom. The van der Waals surface area contributed by atoms with E-state index in [4.69, 9.17) is 11.6 Å². The van der Waals surface area contributed by atoms with E-state index in [0.717, 1.165) is 0 Å². The summed E-state index contributed by atoms with van der Waals surface area (Å²) in [7, 11) is 1.63. The first kappa shape index (κ1) is 11.8. The molecule has 0 radical (unpaired) electrons. The van der Waals surface area contributed by atoms with Crippen molar-refractivity contribution in [3.63, 3.8) is 0 Å². The van der Waals surface area contributed by atoms with Gasteiger partial charge in [-0.2, -0.15) is 5.10 Å². The SMILES string of the molecule is Cn1ncc(Cl)c1C(=O)Cc1ccccc1F. The molecule has 0 aliphatic rings. The normalized spacial score (nSPS) is 10.5. The zero-order chi connectivity index (χ0) is 12.4. The lowest BCUT2D eigenvalue weighted by atomic mass is 10.1. The highest BCUT2D eigenvalue weighted by molar-refractivity contribution is 6.33. The van der Waals surface area contributed by atoms with E-state index in [9.17, 15) is 9.18 Å². The van der Waals surface area contributed by atoms with Gasteiger partial charge in [-0.1, -0.05) is 29.8 Å². The quantitative estimate of drug-likeness (QED) is 0.787. The van der Waals surface area contributed by atoms with E-state index in [1.54, 1.807) is 25.2 Å². The summed E-state index contributed by atoms with van der Waals surface area (Å²) in [5.74, 6) is -0.640. The summed E-state index contributed by atoms with van der Waals surface area (Å²) < 4.78 is 14.8. The second-order valence-electron chi connectivity index (χ2n) is 3.66. The number of benzene rings is 1. The van der Waals surface area contributed by atoms with Crippen LogP contribution >= 0.6 is 11.6 Å². The Balaban J connectivity index is 2.27. The second kappa shape index (κ2) is 4.67. The molecule has 5 heteroatoms. The van der Waals surface area contributed by atoms with E-state index >= 15 is 0 Å². The number of hydrogen-bond acceptors (Lipinski definition) is 2. The van der Waals surface area contributed by atoms with Crippen LogP contribution in [0.4, 0.5) is 4.39 Å². The molecule has 1 aromatic carbocycles. The van der Waals surface area contributed by atoms with Crippen LogP contribution < -0.4 is 0 Å². The van der Waals surface area contributed by atoms with Gasteiger partial charge in [0.2, 0.25) is 0 Å². The number of Topliss-reactive ketones (excluding diaryl/α,β-unsaturated/α-hetero) is 1. The molecule has 0 spiro atoms. The lowest BCUT2D eigenvalue weighted by Crippen LogP contribution is -2.11. The number of aromatic nitrogens is 2. The summed E-state index contributed by atoms with van der Waals surface area (Å²) >= 11 is 5.85. The van der Waals surface area contributed by atoms with E-state index in [-0.39, 0.29) is 23.0 Å². The van der Waals surface area contributed by atoms with Crippen LogP contribution in [0.1, 0.15) is 16.1 Å². The van der Waals surface area contributed by atoms with Crippen molar-refractivity contribution >= 4 is 17.4 Å². The minimum Gasteiger partial charge on any atom is -0.292 e. The van der Waals surface area contributed by atoms with Crippen molar-refractivity contribution in [1.82, 2.24) is 9.78 Å². The fourth-order valence-electron chi connectivity index (χ4n) is 1.62. The largest absolute Gasteiger partial charge is 0.292 e. The predicted molar refractivity (Wildman–Crippen MR) is 62.7 cm³/mol. The maximum atomic E-state index is 13.4. The van der Waals surface area contributed by atoms with Gasteiger partial charge in [-0.15, -0.1) is 0 Å². The smallest absolute Gasteiger partial charge is 0.186 e. The monoisotopic (exact) mass is 252 g/mol. The molecule has 88 valence electrons. The molecule has 1 aromatic heterocycles. The Hall–Kier alpha value is -1.68. The zero-order valence-corrected chi connectivity index (χ0v) is 9.91. The molecule has 0 saturated heterocycles. The molecule has 3 nitrogen and oxygen atoms in total. The topological polar surface area (TPSA) is 34.9 Å². The molecule has 0 amide bonds. The number of ketones is 1. The number of aryl methyl sites for hydroxylation is 1. The van der Waals surface area contributed by atoms with E-state index in [0.29, 0.717) is 11.3 Å². The Kier molecular flexibility index (Phi) is 3.24. The highest BCUT2D eigenvalue weighted by Crippen LogP contribution is 2.17. The number of halogens is 2. The minimum absolute atomic E-state index is 0.0219. The highest BCUT2D eigenvalue weighted by Gasteiger charge is 2.17. The van der Waals surface area contributed by atoms with E-state index < -0.39 is 0 Å². The summed E-state index contributed by atoms with van der Waals surface area (Å²) in [5.41, 5.74) is 0.657. The second-order valence-corrected chi connectivity index (χ2v) is 4.06. The van der Waals surface area contributed by atoms with Crippen LogP contribution in [-0.2, 0) is 13.5 Å². The van der Waals surface area contributed by atoms with E-state index in [1.165, 1.54) is 16.9 Å². The van der Waals surface area contributed by atoms with E-state index in [2.05, 4.69) is 5.10 Å². The summed E-state index contributed by atoms with van der Waals surface area (Å²) in [6.07, 6.45) is 1.38. The number of carbonyl (C=O) groups is 1. The van der Waals surface area contributed by atoms with Crippen LogP contribution in [0.5, 0.6) is 0 Å². The average Bonchev–Trinajstić information content (AvgIpc) is 2.62. The van der Waals surface area contributed by atoms with Gasteiger partial charge in [0.1, 0.15) is 11.5 Å². The van der Waals surface area contributed by atoms with Gasteiger partial charge in [-0.05, 0) is 11.6 Å². The summed E-state index contributed by atoms with van der Waals surface area (Å²) in [6, 6.07) is 6.18. The van der Waals surface area contributed by atoms with Crippen LogP contribution in [0.15, 0.2) is 30.5 Å². The summed E-state index contributed by atoms with van der Waals surface area (Å²) in [4.78, 5) is 12.0.